The van der Waals surface area contributed by atoms with Crippen LogP contribution in [0.15, 0.2) is 60.7 Å². The zero-order valence-corrected chi connectivity index (χ0v) is 12.4. The lowest BCUT2D eigenvalue weighted by Gasteiger charge is -2.00. The Bertz CT molecular complexity index is 751. The minimum absolute atomic E-state index is 0.0347. The fourth-order valence-corrected chi connectivity index (χ4v) is 2.95. The summed E-state index contributed by atoms with van der Waals surface area (Å²) in [6.07, 6.45) is 0. The van der Waals surface area contributed by atoms with Crippen LogP contribution in [0.25, 0.3) is 11.3 Å². The Labute approximate surface area is 127 Å². The lowest BCUT2D eigenvalue weighted by Crippen LogP contribution is -1.91. The molecule has 1 aromatic heterocycles. The molecule has 0 aliphatic carbocycles. The molecule has 104 valence electrons. The van der Waals surface area contributed by atoms with Crippen molar-refractivity contribution >= 4 is 27.9 Å². The van der Waals surface area contributed by atoms with E-state index in [-0.39, 0.29) is 5.78 Å². The highest BCUT2D eigenvalue weighted by molar-refractivity contribution is 7.18. The quantitative estimate of drug-likeness (QED) is 0.706. The number of ketones is 1. The van der Waals surface area contributed by atoms with Gasteiger partial charge in [0.15, 0.2) is 10.9 Å². The molecule has 0 radical (unpaired) electrons. The molecule has 1 N–H and O–H groups in total. The number of carbonyl (C=O) groups excluding carboxylic acids is 1. The van der Waals surface area contributed by atoms with Gasteiger partial charge >= 0.3 is 0 Å². The molecule has 21 heavy (non-hydrogen) atoms. The number of aromatic nitrogens is 1. The minimum Gasteiger partial charge on any atom is -0.332 e. The Hall–Kier alpha value is -2.46. The molecule has 1 heterocycles. The zero-order chi connectivity index (χ0) is 14.7. The molecule has 0 atom stereocenters. The second kappa shape index (κ2) is 5.89. The van der Waals surface area contributed by atoms with Gasteiger partial charge in [-0.2, -0.15) is 0 Å². The summed E-state index contributed by atoms with van der Waals surface area (Å²) in [6.45, 7) is 1.58. The fourth-order valence-electron chi connectivity index (χ4n) is 2.05. The van der Waals surface area contributed by atoms with Gasteiger partial charge in [-0.25, -0.2) is 4.98 Å². The number of nitrogens with one attached hydrogen (secondary N) is 1. The van der Waals surface area contributed by atoms with Gasteiger partial charge in [-0.15, -0.1) is 0 Å². The van der Waals surface area contributed by atoms with Gasteiger partial charge in [0, 0.05) is 18.2 Å². The van der Waals surface area contributed by atoms with Crippen LogP contribution in [-0.2, 0) is 0 Å². The van der Waals surface area contributed by atoms with Crippen LogP contribution in [0.3, 0.4) is 0 Å². The van der Waals surface area contributed by atoms with Crippen molar-refractivity contribution in [3.05, 3.63) is 65.5 Å². The van der Waals surface area contributed by atoms with Crippen molar-refractivity contribution in [2.75, 3.05) is 5.32 Å². The first-order chi connectivity index (χ1) is 10.2. The normalized spacial score (nSPS) is 10.3. The molecule has 0 bridgehead atoms. The van der Waals surface area contributed by atoms with Crippen LogP contribution in [0.5, 0.6) is 0 Å². The summed E-state index contributed by atoms with van der Waals surface area (Å²) in [5.41, 5.74) is 2.66. The first-order valence-electron chi connectivity index (χ1n) is 6.63. The highest BCUT2D eigenvalue weighted by Crippen LogP contribution is 2.32. The molecule has 0 spiro atoms. The van der Waals surface area contributed by atoms with Gasteiger partial charge in [0.1, 0.15) is 0 Å². The van der Waals surface area contributed by atoms with Crippen LogP contribution in [0, 0.1) is 0 Å². The largest absolute Gasteiger partial charge is 0.332 e. The number of anilines is 2. The number of nitrogens with zero attached hydrogens (tertiary/aromatic N) is 1. The molecule has 0 saturated heterocycles. The molecule has 0 aliphatic heterocycles. The van der Waals surface area contributed by atoms with Crippen molar-refractivity contribution in [2.45, 2.75) is 6.92 Å². The molecule has 0 saturated carbocycles. The van der Waals surface area contributed by atoms with Crippen LogP contribution in [0.2, 0.25) is 0 Å². The number of Topliss-reactive ketones (excluding diaryl/α,β-unsaturated/α-hetero) is 1. The Balaban J connectivity index is 1.99. The lowest BCUT2D eigenvalue weighted by atomic mass is 10.1. The number of rotatable bonds is 4. The Morgan fingerprint density at radius 3 is 2.24 bits per heavy atom. The predicted molar refractivity (Wildman–Crippen MR) is 87.3 cm³/mol. The minimum atomic E-state index is 0.0347. The SMILES string of the molecule is CC(=O)c1sc(Nc2ccccc2)nc1-c1ccccc1. The van der Waals surface area contributed by atoms with E-state index in [1.165, 1.54) is 11.3 Å². The third-order valence-corrected chi connectivity index (χ3v) is 4.09. The molecule has 0 unspecified atom stereocenters. The van der Waals surface area contributed by atoms with Crippen LogP contribution < -0.4 is 5.32 Å². The number of hydrogen-bond donors (Lipinski definition) is 1. The summed E-state index contributed by atoms with van der Waals surface area (Å²) in [5.74, 6) is 0.0347. The maximum absolute atomic E-state index is 11.8. The number of para-hydroxylation sites is 1. The number of carbonyl (C=O) groups is 1. The molecule has 2 aromatic carbocycles. The molecule has 0 amide bonds. The van der Waals surface area contributed by atoms with E-state index in [2.05, 4.69) is 10.3 Å². The van der Waals surface area contributed by atoms with Gasteiger partial charge in [0.05, 0.1) is 10.6 Å². The van der Waals surface area contributed by atoms with Crippen molar-refractivity contribution in [3.63, 3.8) is 0 Å². The van der Waals surface area contributed by atoms with Gasteiger partial charge < -0.3 is 5.32 Å². The van der Waals surface area contributed by atoms with Crippen molar-refractivity contribution in [2.24, 2.45) is 0 Å². The van der Waals surface area contributed by atoms with E-state index in [0.717, 1.165) is 22.1 Å². The zero-order valence-electron chi connectivity index (χ0n) is 11.5. The Morgan fingerprint density at radius 1 is 1.00 bits per heavy atom. The van der Waals surface area contributed by atoms with Crippen LogP contribution in [0.1, 0.15) is 16.6 Å². The molecule has 0 fully saturated rings. The lowest BCUT2D eigenvalue weighted by molar-refractivity contribution is 0.102. The molecule has 0 aliphatic rings. The maximum atomic E-state index is 11.8. The van der Waals surface area contributed by atoms with Crippen LogP contribution in [-0.4, -0.2) is 10.8 Å². The molecule has 3 nitrogen and oxygen atoms in total. The van der Waals surface area contributed by atoms with E-state index < -0.39 is 0 Å². The first kappa shape index (κ1) is 13.5. The average molecular weight is 294 g/mol. The Kier molecular flexibility index (Phi) is 3.79. The summed E-state index contributed by atoms with van der Waals surface area (Å²) >= 11 is 1.39. The van der Waals surface area contributed by atoms with Gasteiger partial charge in [0.25, 0.3) is 0 Å². The van der Waals surface area contributed by atoms with E-state index >= 15 is 0 Å². The highest BCUT2D eigenvalue weighted by atomic mass is 32.1. The second-order valence-corrected chi connectivity index (χ2v) is 5.61. The number of thiazole rings is 1. The standard InChI is InChI=1S/C17H14N2OS/c1-12(20)16-15(13-8-4-2-5-9-13)19-17(21-16)18-14-10-6-3-7-11-14/h2-11H,1H3,(H,18,19). The van der Waals surface area contributed by atoms with Gasteiger partial charge in [0.2, 0.25) is 0 Å². The van der Waals surface area contributed by atoms with Gasteiger partial charge in [-0.1, -0.05) is 59.9 Å². The molecular formula is C17H14N2OS. The van der Waals surface area contributed by atoms with Crippen molar-refractivity contribution < 1.29 is 4.79 Å². The molecule has 4 heteroatoms. The number of hydrogen-bond acceptors (Lipinski definition) is 4. The van der Waals surface area contributed by atoms with E-state index in [9.17, 15) is 4.79 Å². The average Bonchev–Trinajstić information content (AvgIpc) is 2.93. The van der Waals surface area contributed by atoms with Gasteiger partial charge in [-0.05, 0) is 12.1 Å². The second-order valence-electron chi connectivity index (χ2n) is 4.61. The van der Waals surface area contributed by atoms with E-state index in [1.807, 2.05) is 60.7 Å². The summed E-state index contributed by atoms with van der Waals surface area (Å²) < 4.78 is 0. The predicted octanol–water partition coefficient (Wildman–Crippen LogP) is 4.76. The Morgan fingerprint density at radius 2 is 1.62 bits per heavy atom. The number of benzene rings is 2. The van der Waals surface area contributed by atoms with E-state index in [1.54, 1.807) is 6.92 Å². The van der Waals surface area contributed by atoms with Crippen molar-refractivity contribution in [3.8, 4) is 11.3 Å². The van der Waals surface area contributed by atoms with Crippen LogP contribution in [0.4, 0.5) is 10.8 Å². The third kappa shape index (κ3) is 3.01. The molecule has 3 aromatic rings. The topological polar surface area (TPSA) is 42.0 Å². The van der Waals surface area contributed by atoms with Crippen molar-refractivity contribution in [1.29, 1.82) is 0 Å². The summed E-state index contributed by atoms with van der Waals surface area (Å²) in [6, 6.07) is 19.6. The summed E-state index contributed by atoms with van der Waals surface area (Å²) in [5, 5.41) is 3.97. The maximum Gasteiger partial charge on any atom is 0.188 e. The van der Waals surface area contributed by atoms with E-state index in [4.69, 9.17) is 0 Å². The summed E-state index contributed by atoms with van der Waals surface area (Å²) in [4.78, 5) is 17.1. The van der Waals surface area contributed by atoms with Gasteiger partial charge in [-0.3, -0.25) is 4.79 Å². The fraction of sp³-hybridized carbons (Fsp3) is 0.0588. The van der Waals surface area contributed by atoms with Crippen LogP contribution >= 0.6 is 11.3 Å². The molecule has 3 rings (SSSR count). The van der Waals surface area contributed by atoms with E-state index in [0.29, 0.717) is 4.88 Å². The smallest absolute Gasteiger partial charge is 0.188 e. The summed E-state index contributed by atoms with van der Waals surface area (Å²) in [7, 11) is 0. The monoisotopic (exact) mass is 294 g/mol. The van der Waals surface area contributed by atoms with Crippen molar-refractivity contribution in [1.82, 2.24) is 4.98 Å². The first-order valence-corrected chi connectivity index (χ1v) is 7.45. The highest BCUT2D eigenvalue weighted by Gasteiger charge is 2.16. The molecular weight excluding hydrogens is 280 g/mol. The third-order valence-electron chi connectivity index (χ3n) is 3.02.